The second-order valence-electron chi connectivity index (χ2n) is 17.2. The Kier molecular flexibility index (Phi) is 10.3. The maximum absolute atomic E-state index is 2.40. The van der Waals surface area contributed by atoms with E-state index in [-0.39, 0.29) is 0 Å². The van der Waals surface area contributed by atoms with Gasteiger partial charge in [-0.25, -0.2) is 0 Å². The molecule has 0 heterocycles. The highest BCUT2D eigenvalue weighted by molar-refractivity contribution is 6.22. The molecule has 0 saturated carbocycles. The van der Waals surface area contributed by atoms with Crippen LogP contribution in [0.4, 0.5) is 17.1 Å². The van der Waals surface area contributed by atoms with Crippen molar-refractivity contribution in [3.8, 4) is 66.8 Å². The Morgan fingerprint density at radius 3 is 1.27 bits per heavy atom. The van der Waals surface area contributed by atoms with Gasteiger partial charge in [-0.05, 0) is 130 Å². The molecule has 1 nitrogen and oxygen atoms in total. The summed E-state index contributed by atoms with van der Waals surface area (Å²) in [4.78, 5) is 2.40. The van der Waals surface area contributed by atoms with Crippen molar-refractivity contribution in [1.82, 2.24) is 0 Å². The van der Waals surface area contributed by atoms with Crippen LogP contribution in [0.5, 0.6) is 0 Å². The first-order chi connectivity index (χ1) is 33.3. The lowest BCUT2D eigenvalue weighted by molar-refractivity contribution is 1.30. The van der Waals surface area contributed by atoms with Gasteiger partial charge in [0.05, 0.1) is 5.69 Å². The molecule has 0 unspecified atom stereocenters. The van der Waals surface area contributed by atoms with Crippen molar-refractivity contribution in [2.45, 2.75) is 0 Å². The van der Waals surface area contributed by atoms with Crippen LogP contribution in [0, 0.1) is 0 Å². The van der Waals surface area contributed by atoms with Gasteiger partial charge in [0.2, 0.25) is 0 Å². The monoisotopic (exact) mass is 851 g/mol. The van der Waals surface area contributed by atoms with Crippen molar-refractivity contribution >= 4 is 49.4 Å². The predicted octanol–water partition coefficient (Wildman–Crippen LogP) is 18.6. The summed E-state index contributed by atoms with van der Waals surface area (Å²) in [6, 6.07) is 99.5. The van der Waals surface area contributed by atoms with E-state index in [1.165, 1.54) is 93.5 Å². The number of hydrogen-bond donors (Lipinski definition) is 0. The van der Waals surface area contributed by atoms with Crippen LogP contribution in [0.15, 0.2) is 273 Å². The molecule has 12 aromatic carbocycles. The number of hydrogen-bond acceptors (Lipinski definition) is 1. The van der Waals surface area contributed by atoms with Crippen LogP contribution < -0.4 is 4.90 Å². The Morgan fingerprint density at radius 2 is 0.657 bits per heavy atom. The molecule has 0 aliphatic heterocycles. The molecule has 0 atom stereocenters. The van der Waals surface area contributed by atoms with Gasteiger partial charge in [0, 0.05) is 16.8 Å². The minimum atomic E-state index is 1.09. The fraction of sp³-hybridized carbons (Fsp3) is 0. The van der Waals surface area contributed by atoms with Crippen molar-refractivity contribution in [2.24, 2.45) is 0 Å². The molecule has 67 heavy (non-hydrogen) atoms. The highest BCUT2D eigenvalue weighted by Crippen LogP contribution is 2.53. The fourth-order valence-electron chi connectivity index (χ4n) is 10.2. The number of nitrogens with zero attached hydrogens (tertiary/aromatic N) is 1. The average Bonchev–Trinajstić information content (AvgIpc) is 3.41. The summed E-state index contributed by atoms with van der Waals surface area (Å²) >= 11 is 0. The molecular weight excluding hydrogens is 807 g/mol. The fourth-order valence-corrected chi connectivity index (χ4v) is 10.2. The molecule has 0 aromatic heterocycles. The summed E-state index contributed by atoms with van der Waals surface area (Å²) in [5, 5.41) is 7.34. The number of anilines is 3. The standard InChI is InChI=1S/C66H45N/c1-5-21-50(22-6-1)62-60-33-18-32-59(66(60)65(53-27-11-4-12-28-53)64(52-25-9-3-10-26-52)63(62)51-23-7-2-8-24-51)49-39-43-57(44-40-49)67(61-34-17-30-48-20-15-16-31-58(48)61)56-41-37-47(38-42-56)55-36-35-46-19-13-14-29-54(46)45-55/h1-45H. The molecule has 0 aliphatic rings. The largest absolute Gasteiger partial charge is 0.310 e. The lowest BCUT2D eigenvalue weighted by Gasteiger charge is -2.28. The van der Waals surface area contributed by atoms with Gasteiger partial charge in [-0.2, -0.15) is 0 Å². The normalized spacial score (nSPS) is 11.3. The third-order valence-corrected chi connectivity index (χ3v) is 13.2. The number of rotatable bonds is 9. The Labute approximate surface area is 392 Å². The first-order valence-electron chi connectivity index (χ1n) is 23.1. The van der Waals surface area contributed by atoms with Crippen LogP contribution in [0.2, 0.25) is 0 Å². The molecule has 12 aromatic rings. The van der Waals surface area contributed by atoms with Crippen LogP contribution in [0.25, 0.3) is 99.1 Å². The van der Waals surface area contributed by atoms with E-state index in [0.717, 1.165) is 22.6 Å². The Hall–Kier alpha value is -8.78. The predicted molar refractivity (Wildman–Crippen MR) is 286 cm³/mol. The van der Waals surface area contributed by atoms with E-state index >= 15 is 0 Å². The van der Waals surface area contributed by atoms with Gasteiger partial charge in [0.1, 0.15) is 0 Å². The van der Waals surface area contributed by atoms with Gasteiger partial charge in [0.25, 0.3) is 0 Å². The van der Waals surface area contributed by atoms with Gasteiger partial charge in [-0.1, -0.05) is 237 Å². The van der Waals surface area contributed by atoms with Crippen molar-refractivity contribution in [2.75, 3.05) is 4.90 Å². The zero-order valence-electron chi connectivity index (χ0n) is 36.9. The minimum absolute atomic E-state index is 1.09. The van der Waals surface area contributed by atoms with Crippen molar-refractivity contribution in [1.29, 1.82) is 0 Å². The third-order valence-electron chi connectivity index (χ3n) is 13.2. The zero-order chi connectivity index (χ0) is 44.5. The molecule has 0 saturated heterocycles. The number of fused-ring (bicyclic) bond motifs is 3. The molecule has 0 aliphatic carbocycles. The molecule has 0 fully saturated rings. The average molecular weight is 852 g/mol. The summed E-state index contributed by atoms with van der Waals surface area (Å²) in [5.41, 5.74) is 17.7. The highest BCUT2D eigenvalue weighted by atomic mass is 15.1. The van der Waals surface area contributed by atoms with E-state index < -0.39 is 0 Å². The maximum atomic E-state index is 2.40. The Morgan fingerprint density at radius 1 is 0.224 bits per heavy atom. The topological polar surface area (TPSA) is 3.24 Å². The van der Waals surface area contributed by atoms with E-state index in [2.05, 4.69) is 278 Å². The van der Waals surface area contributed by atoms with E-state index in [1.54, 1.807) is 0 Å². The van der Waals surface area contributed by atoms with Crippen LogP contribution in [-0.2, 0) is 0 Å². The second kappa shape index (κ2) is 17.3. The highest BCUT2D eigenvalue weighted by Gasteiger charge is 2.26. The zero-order valence-corrected chi connectivity index (χ0v) is 36.9. The first kappa shape index (κ1) is 39.8. The Balaban J connectivity index is 1.07. The SMILES string of the molecule is c1ccc(-c2c(-c3ccccc3)c(-c3ccccc3)c3c(-c4ccc(N(c5ccc(-c6ccc7ccccc7c6)cc5)c5cccc6ccccc56)cc4)cccc3c2-c2ccccc2)cc1. The van der Waals surface area contributed by atoms with E-state index in [1.807, 2.05) is 0 Å². The molecule has 314 valence electrons. The molecule has 0 bridgehead atoms. The molecule has 12 rings (SSSR count). The van der Waals surface area contributed by atoms with Crippen LogP contribution >= 0.6 is 0 Å². The maximum Gasteiger partial charge on any atom is 0.0540 e. The van der Waals surface area contributed by atoms with E-state index in [9.17, 15) is 0 Å². The molecule has 1 heteroatoms. The Bertz CT molecular complexity index is 3690. The van der Waals surface area contributed by atoms with Crippen molar-refractivity contribution < 1.29 is 0 Å². The molecule has 0 N–H and O–H groups in total. The van der Waals surface area contributed by atoms with E-state index in [4.69, 9.17) is 0 Å². The molecule has 0 amide bonds. The second-order valence-corrected chi connectivity index (χ2v) is 17.2. The summed E-state index contributed by atoms with van der Waals surface area (Å²) in [7, 11) is 0. The van der Waals surface area contributed by atoms with Crippen molar-refractivity contribution in [3.05, 3.63) is 273 Å². The van der Waals surface area contributed by atoms with Gasteiger partial charge in [-0.15, -0.1) is 0 Å². The van der Waals surface area contributed by atoms with Gasteiger partial charge >= 0.3 is 0 Å². The lowest BCUT2D eigenvalue weighted by Crippen LogP contribution is -2.10. The molecule has 0 radical (unpaired) electrons. The first-order valence-corrected chi connectivity index (χ1v) is 23.1. The van der Waals surface area contributed by atoms with Gasteiger partial charge in [0.15, 0.2) is 0 Å². The quantitative estimate of drug-likeness (QED) is 0.140. The van der Waals surface area contributed by atoms with E-state index in [0.29, 0.717) is 0 Å². The lowest BCUT2D eigenvalue weighted by atomic mass is 9.77. The van der Waals surface area contributed by atoms with Crippen molar-refractivity contribution in [3.63, 3.8) is 0 Å². The summed E-state index contributed by atoms with van der Waals surface area (Å²) < 4.78 is 0. The summed E-state index contributed by atoms with van der Waals surface area (Å²) in [5.74, 6) is 0. The summed E-state index contributed by atoms with van der Waals surface area (Å²) in [6.45, 7) is 0. The third kappa shape index (κ3) is 7.34. The number of benzene rings is 12. The van der Waals surface area contributed by atoms with Crippen LogP contribution in [0.3, 0.4) is 0 Å². The summed E-state index contributed by atoms with van der Waals surface area (Å²) in [6.07, 6.45) is 0. The smallest absolute Gasteiger partial charge is 0.0540 e. The van der Waals surface area contributed by atoms with Crippen LogP contribution in [-0.4, -0.2) is 0 Å². The van der Waals surface area contributed by atoms with Gasteiger partial charge < -0.3 is 4.90 Å². The molecule has 0 spiro atoms. The van der Waals surface area contributed by atoms with Crippen LogP contribution in [0.1, 0.15) is 0 Å². The van der Waals surface area contributed by atoms with Gasteiger partial charge in [-0.3, -0.25) is 0 Å². The minimum Gasteiger partial charge on any atom is -0.310 e. The molecular formula is C66H45N.